The largest absolute Gasteiger partial charge is 0.466 e. The van der Waals surface area contributed by atoms with Gasteiger partial charge in [0.25, 0.3) is 5.91 Å². The molecule has 1 aromatic heterocycles. The number of benzene rings is 1. The van der Waals surface area contributed by atoms with Crippen LogP contribution < -0.4 is 0 Å². The summed E-state index contributed by atoms with van der Waals surface area (Å²) in [4.78, 5) is 26.3. The zero-order valence-electron chi connectivity index (χ0n) is 14.0. The summed E-state index contributed by atoms with van der Waals surface area (Å²) in [7, 11) is 0. The lowest BCUT2D eigenvalue weighted by Crippen LogP contribution is -2.43. The molecule has 7 heteroatoms. The summed E-state index contributed by atoms with van der Waals surface area (Å²) in [5, 5.41) is 7.65. The van der Waals surface area contributed by atoms with Crippen LogP contribution in [0.15, 0.2) is 30.3 Å². The molecule has 2 aromatic rings. The van der Waals surface area contributed by atoms with Crippen LogP contribution in [-0.2, 0) is 9.53 Å². The average Bonchev–Trinajstić information content (AvgIpc) is 3.12. The van der Waals surface area contributed by atoms with E-state index in [-0.39, 0.29) is 17.8 Å². The number of H-pyrrole nitrogens is 1. The number of piperidine rings is 1. The number of esters is 1. The van der Waals surface area contributed by atoms with Gasteiger partial charge in [0.1, 0.15) is 5.69 Å². The molecule has 0 saturated carbocycles. The third-order valence-electron chi connectivity index (χ3n) is 4.28. The Hall–Kier alpha value is -2.34. The van der Waals surface area contributed by atoms with E-state index in [1.807, 2.05) is 12.1 Å². The van der Waals surface area contributed by atoms with Gasteiger partial charge in [0.15, 0.2) is 0 Å². The summed E-state index contributed by atoms with van der Waals surface area (Å²) in [6.07, 6.45) is 1.54. The summed E-state index contributed by atoms with van der Waals surface area (Å²) < 4.78 is 5.08. The molecule has 1 N–H and O–H groups in total. The molecule has 1 aromatic carbocycles. The highest BCUT2D eigenvalue weighted by Gasteiger charge is 2.30. The van der Waals surface area contributed by atoms with Crippen molar-refractivity contribution < 1.29 is 14.3 Å². The first-order chi connectivity index (χ1) is 12.1. The van der Waals surface area contributed by atoms with Gasteiger partial charge in [0, 0.05) is 23.7 Å². The number of aromatic amines is 1. The molecule has 1 amide bonds. The number of amides is 1. The van der Waals surface area contributed by atoms with Crippen LogP contribution in [0.5, 0.6) is 0 Å². The Kier molecular flexibility index (Phi) is 5.38. The first kappa shape index (κ1) is 17.5. The van der Waals surface area contributed by atoms with Crippen molar-refractivity contribution in [2.45, 2.75) is 19.8 Å². The van der Waals surface area contributed by atoms with Crippen LogP contribution in [0.2, 0.25) is 5.02 Å². The van der Waals surface area contributed by atoms with E-state index in [2.05, 4.69) is 10.2 Å². The Bertz CT molecular complexity index is 757. The maximum Gasteiger partial charge on any atom is 0.310 e. The first-order valence-electron chi connectivity index (χ1n) is 8.35. The van der Waals surface area contributed by atoms with E-state index in [9.17, 15) is 9.59 Å². The van der Waals surface area contributed by atoms with Gasteiger partial charge in [-0.05, 0) is 38.0 Å². The van der Waals surface area contributed by atoms with E-state index >= 15 is 0 Å². The van der Waals surface area contributed by atoms with Crippen molar-refractivity contribution >= 4 is 23.5 Å². The quantitative estimate of drug-likeness (QED) is 0.849. The average molecular weight is 362 g/mol. The van der Waals surface area contributed by atoms with Crippen LogP contribution in [0, 0.1) is 5.92 Å². The topological polar surface area (TPSA) is 75.3 Å². The van der Waals surface area contributed by atoms with Gasteiger partial charge < -0.3 is 9.64 Å². The Labute approximate surface area is 151 Å². The molecule has 1 fully saturated rings. The van der Waals surface area contributed by atoms with E-state index in [0.717, 1.165) is 18.4 Å². The number of carbonyl (C=O) groups excluding carboxylic acids is 2. The van der Waals surface area contributed by atoms with E-state index in [1.165, 1.54) is 0 Å². The molecule has 3 rings (SSSR count). The molecule has 132 valence electrons. The fraction of sp³-hybridized carbons (Fsp3) is 0.389. The molecular weight excluding hydrogens is 342 g/mol. The minimum atomic E-state index is -0.253. The molecule has 2 heterocycles. The van der Waals surface area contributed by atoms with Crippen LogP contribution >= 0.6 is 11.6 Å². The first-order valence-corrected chi connectivity index (χ1v) is 8.73. The highest BCUT2D eigenvalue weighted by Crippen LogP contribution is 2.23. The summed E-state index contributed by atoms with van der Waals surface area (Å²) in [6.45, 7) is 3.15. The number of nitrogens with zero attached hydrogens (tertiary/aromatic N) is 2. The van der Waals surface area contributed by atoms with Crippen molar-refractivity contribution in [3.63, 3.8) is 0 Å². The van der Waals surface area contributed by atoms with E-state index in [4.69, 9.17) is 16.3 Å². The maximum absolute atomic E-state index is 12.7. The molecule has 25 heavy (non-hydrogen) atoms. The molecular formula is C18H20ClN3O3. The predicted molar refractivity (Wildman–Crippen MR) is 94.3 cm³/mol. The van der Waals surface area contributed by atoms with Crippen LogP contribution in [0.25, 0.3) is 11.3 Å². The molecule has 1 aliphatic rings. The number of ether oxygens (including phenoxy) is 1. The second-order valence-corrected chi connectivity index (χ2v) is 6.45. The van der Waals surface area contributed by atoms with Crippen LogP contribution in [0.1, 0.15) is 30.3 Å². The van der Waals surface area contributed by atoms with Gasteiger partial charge in [-0.3, -0.25) is 14.7 Å². The summed E-state index contributed by atoms with van der Waals surface area (Å²) in [5.74, 6) is -0.635. The lowest BCUT2D eigenvalue weighted by molar-refractivity contribution is -0.149. The molecule has 0 unspecified atom stereocenters. The Morgan fingerprint density at radius 3 is 2.84 bits per heavy atom. The third kappa shape index (κ3) is 4.02. The van der Waals surface area contributed by atoms with Gasteiger partial charge in [0.2, 0.25) is 0 Å². The number of hydrogen-bond acceptors (Lipinski definition) is 4. The van der Waals surface area contributed by atoms with Crippen LogP contribution in [0.3, 0.4) is 0 Å². The van der Waals surface area contributed by atoms with E-state index in [0.29, 0.717) is 36.1 Å². The molecule has 0 radical (unpaired) electrons. The number of aromatic nitrogens is 2. The summed E-state index contributed by atoms with van der Waals surface area (Å²) in [6, 6.07) is 8.98. The van der Waals surface area contributed by atoms with Gasteiger partial charge in [-0.25, -0.2) is 0 Å². The minimum absolute atomic E-state index is 0.151. The molecule has 1 saturated heterocycles. The van der Waals surface area contributed by atoms with Gasteiger partial charge in [-0.1, -0.05) is 23.7 Å². The Balaban J connectivity index is 1.70. The molecule has 1 atom stereocenters. The molecule has 0 aliphatic carbocycles. The fourth-order valence-electron chi connectivity index (χ4n) is 2.98. The smallest absolute Gasteiger partial charge is 0.310 e. The van der Waals surface area contributed by atoms with Crippen molar-refractivity contribution in [2.24, 2.45) is 5.92 Å². The zero-order valence-corrected chi connectivity index (χ0v) is 14.8. The van der Waals surface area contributed by atoms with Crippen LogP contribution in [0.4, 0.5) is 0 Å². The van der Waals surface area contributed by atoms with Crippen molar-refractivity contribution in [2.75, 3.05) is 19.7 Å². The SMILES string of the molecule is CCOC(=O)[C@@H]1CCCN(C(=O)c2cc(-c3ccc(Cl)cc3)n[nH]2)C1. The number of halogens is 1. The Morgan fingerprint density at radius 1 is 1.36 bits per heavy atom. The minimum Gasteiger partial charge on any atom is -0.466 e. The fourth-order valence-corrected chi connectivity index (χ4v) is 3.11. The lowest BCUT2D eigenvalue weighted by Gasteiger charge is -2.31. The maximum atomic E-state index is 12.7. The number of hydrogen-bond donors (Lipinski definition) is 1. The van der Waals surface area contributed by atoms with Crippen molar-refractivity contribution in [3.8, 4) is 11.3 Å². The number of rotatable bonds is 4. The summed E-state index contributed by atoms with van der Waals surface area (Å²) in [5.41, 5.74) is 1.97. The van der Waals surface area contributed by atoms with Crippen molar-refractivity contribution in [1.29, 1.82) is 0 Å². The van der Waals surface area contributed by atoms with Gasteiger partial charge in [-0.2, -0.15) is 5.10 Å². The molecule has 1 aliphatic heterocycles. The van der Waals surface area contributed by atoms with Crippen molar-refractivity contribution in [1.82, 2.24) is 15.1 Å². The highest BCUT2D eigenvalue weighted by atomic mass is 35.5. The number of nitrogens with one attached hydrogen (secondary N) is 1. The number of likely N-dealkylation sites (tertiary alicyclic amines) is 1. The zero-order chi connectivity index (χ0) is 17.8. The predicted octanol–water partition coefficient (Wildman–Crippen LogP) is 3.15. The van der Waals surface area contributed by atoms with Gasteiger partial charge in [-0.15, -0.1) is 0 Å². The number of carbonyl (C=O) groups is 2. The van der Waals surface area contributed by atoms with Crippen molar-refractivity contribution in [3.05, 3.63) is 41.0 Å². The highest BCUT2D eigenvalue weighted by molar-refractivity contribution is 6.30. The molecule has 6 nitrogen and oxygen atoms in total. The lowest BCUT2D eigenvalue weighted by atomic mass is 9.98. The third-order valence-corrected chi connectivity index (χ3v) is 4.53. The van der Waals surface area contributed by atoms with Crippen LogP contribution in [-0.4, -0.2) is 46.7 Å². The summed E-state index contributed by atoms with van der Waals surface area (Å²) >= 11 is 5.89. The normalized spacial score (nSPS) is 17.4. The Morgan fingerprint density at radius 2 is 2.12 bits per heavy atom. The monoisotopic (exact) mass is 361 g/mol. The van der Waals surface area contributed by atoms with Gasteiger partial charge in [0.05, 0.1) is 18.2 Å². The second-order valence-electron chi connectivity index (χ2n) is 6.02. The van der Waals surface area contributed by atoms with E-state index in [1.54, 1.807) is 30.0 Å². The van der Waals surface area contributed by atoms with Gasteiger partial charge >= 0.3 is 5.97 Å². The molecule has 0 spiro atoms. The standard InChI is InChI=1S/C18H20ClN3O3/c1-2-25-18(24)13-4-3-9-22(11-13)17(23)16-10-15(20-21-16)12-5-7-14(19)8-6-12/h5-8,10,13H,2-4,9,11H2,1H3,(H,20,21)/t13-/m1/s1. The van der Waals surface area contributed by atoms with E-state index < -0.39 is 0 Å². The molecule has 0 bridgehead atoms. The second kappa shape index (κ2) is 7.70.